The van der Waals surface area contributed by atoms with Gasteiger partial charge in [-0.1, -0.05) is 29.3 Å². The number of anilines is 1. The van der Waals surface area contributed by atoms with Gasteiger partial charge in [0.25, 0.3) is 11.9 Å². The van der Waals surface area contributed by atoms with E-state index in [1.807, 2.05) is 5.43 Å². The van der Waals surface area contributed by atoms with Gasteiger partial charge >= 0.3 is 0 Å². The van der Waals surface area contributed by atoms with Crippen LogP contribution in [0, 0.1) is 23.5 Å². The lowest BCUT2D eigenvalue weighted by Gasteiger charge is -2.05. The highest BCUT2D eigenvalue weighted by molar-refractivity contribution is 6.38. The van der Waals surface area contributed by atoms with Crippen LogP contribution >= 0.6 is 23.2 Å². The summed E-state index contributed by atoms with van der Waals surface area (Å²) in [5, 5.41) is 3.93. The SMILES string of the molecule is Fc1nc(F)c(F)c(N/N=C/c2c(Cl)cccc2Cl)c1F. The third-order valence-electron chi connectivity index (χ3n) is 2.37. The summed E-state index contributed by atoms with van der Waals surface area (Å²) in [5.74, 6) is -6.97. The van der Waals surface area contributed by atoms with E-state index >= 15 is 0 Å². The number of rotatable bonds is 3. The molecular formula is C12H5Cl2F4N3. The lowest BCUT2D eigenvalue weighted by Crippen LogP contribution is -2.06. The Bertz CT molecular complexity index is 676. The summed E-state index contributed by atoms with van der Waals surface area (Å²) in [5.41, 5.74) is 1.00. The number of aromatic nitrogens is 1. The van der Waals surface area contributed by atoms with Gasteiger partial charge in [-0.15, -0.1) is 0 Å². The molecule has 1 aromatic heterocycles. The van der Waals surface area contributed by atoms with Crippen LogP contribution in [0.3, 0.4) is 0 Å². The van der Waals surface area contributed by atoms with Gasteiger partial charge in [0.05, 0.1) is 16.3 Å². The van der Waals surface area contributed by atoms with Crippen LogP contribution in [0.25, 0.3) is 0 Å². The minimum Gasteiger partial charge on any atom is -0.272 e. The molecule has 1 heterocycles. The Morgan fingerprint density at radius 1 is 1.00 bits per heavy atom. The first-order chi connectivity index (χ1) is 9.91. The first-order valence-electron chi connectivity index (χ1n) is 5.35. The van der Waals surface area contributed by atoms with Crippen molar-refractivity contribution < 1.29 is 17.6 Å². The second-order valence-electron chi connectivity index (χ2n) is 3.70. The molecule has 9 heteroatoms. The van der Waals surface area contributed by atoms with Gasteiger partial charge in [-0.25, -0.2) is 0 Å². The molecule has 0 fully saturated rings. The first-order valence-corrected chi connectivity index (χ1v) is 6.10. The summed E-state index contributed by atoms with van der Waals surface area (Å²) < 4.78 is 52.3. The van der Waals surface area contributed by atoms with Crippen molar-refractivity contribution in [3.8, 4) is 0 Å². The van der Waals surface area contributed by atoms with Crippen LogP contribution in [0.15, 0.2) is 23.3 Å². The van der Waals surface area contributed by atoms with Crippen molar-refractivity contribution in [2.45, 2.75) is 0 Å². The van der Waals surface area contributed by atoms with E-state index in [1.165, 1.54) is 12.1 Å². The highest BCUT2D eigenvalue weighted by atomic mass is 35.5. The summed E-state index contributed by atoms with van der Waals surface area (Å²) in [6.07, 6.45) is 1.06. The third-order valence-corrected chi connectivity index (χ3v) is 3.03. The van der Waals surface area contributed by atoms with Crippen molar-refractivity contribution in [1.82, 2.24) is 4.98 Å². The normalized spacial score (nSPS) is 11.1. The number of pyridine rings is 1. The van der Waals surface area contributed by atoms with E-state index in [9.17, 15) is 17.6 Å². The minimum atomic E-state index is -1.79. The van der Waals surface area contributed by atoms with Gasteiger partial charge in [-0.2, -0.15) is 27.6 Å². The molecule has 3 nitrogen and oxygen atoms in total. The summed E-state index contributed by atoms with van der Waals surface area (Å²) in [6.45, 7) is 0. The van der Waals surface area contributed by atoms with Crippen LogP contribution in [0.4, 0.5) is 23.2 Å². The van der Waals surface area contributed by atoms with Gasteiger partial charge in [-0.3, -0.25) is 5.43 Å². The molecular weight excluding hydrogens is 333 g/mol. The van der Waals surface area contributed by atoms with Crippen molar-refractivity contribution in [3.63, 3.8) is 0 Å². The van der Waals surface area contributed by atoms with Gasteiger partial charge in [0.2, 0.25) is 11.6 Å². The molecule has 0 spiro atoms. The quantitative estimate of drug-likeness (QED) is 0.390. The second kappa shape index (κ2) is 6.28. The molecule has 2 aromatic rings. The van der Waals surface area contributed by atoms with Crippen LogP contribution < -0.4 is 5.43 Å². The fourth-order valence-corrected chi connectivity index (χ4v) is 1.88. The zero-order valence-electron chi connectivity index (χ0n) is 9.97. The number of nitrogens with zero attached hydrogens (tertiary/aromatic N) is 2. The monoisotopic (exact) mass is 337 g/mol. The Balaban J connectivity index is 2.31. The number of nitrogens with one attached hydrogen (secondary N) is 1. The van der Waals surface area contributed by atoms with Gasteiger partial charge in [0.15, 0.2) is 0 Å². The molecule has 21 heavy (non-hydrogen) atoms. The van der Waals surface area contributed by atoms with Crippen molar-refractivity contribution in [2.24, 2.45) is 5.10 Å². The van der Waals surface area contributed by atoms with E-state index < -0.39 is 29.2 Å². The standard InChI is InChI=1S/C12H5Cl2F4N3/c13-6-2-1-3-7(14)5(6)4-19-21-10-8(15)11(17)20-12(18)9(10)16/h1-4H,(H,20,21)/b19-4+. The van der Waals surface area contributed by atoms with Crippen molar-refractivity contribution in [3.05, 3.63) is 57.3 Å². The van der Waals surface area contributed by atoms with E-state index in [2.05, 4.69) is 10.1 Å². The maximum atomic E-state index is 13.3. The smallest absolute Gasteiger partial charge is 0.254 e. The average Bonchev–Trinajstić information content (AvgIpc) is 2.43. The van der Waals surface area contributed by atoms with Gasteiger partial charge in [0, 0.05) is 5.56 Å². The minimum absolute atomic E-state index is 0.237. The molecule has 0 saturated carbocycles. The first kappa shape index (κ1) is 15.5. The molecule has 0 saturated heterocycles. The van der Waals surface area contributed by atoms with Gasteiger partial charge in [0.1, 0.15) is 5.69 Å². The highest BCUT2D eigenvalue weighted by Crippen LogP contribution is 2.24. The van der Waals surface area contributed by atoms with Crippen LogP contribution in [0.2, 0.25) is 10.0 Å². The average molecular weight is 338 g/mol. The van der Waals surface area contributed by atoms with E-state index in [0.29, 0.717) is 0 Å². The zero-order chi connectivity index (χ0) is 15.6. The molecule has 0 unspecified atom stereocenters. The number of hydrogen-bond acceptors (Lipinski definition) is 3. The molecule has 0 aliphatic heterocycles. The summed E-state index contributed by atoms with van der Waals surface area (Å²) in [6, 6.07) is 4.62. The number of hydrazone groups is 1. The molecule has 0 atom stereocenters. The van der Waals surface area contributed by atoms with Gasteiger partial charge in [-0.05, 0) is 12.1 Å². The lowest BCUT2D eigenvalue weighted by molar-refractivity contribution is 0.411. The van der Waals surface area contributed by atoms with Crippen molar-refractivity contribution in [2.75, 3.05) is 5.43 Å². The van der Waals surface area contributed by atoms with E-state index in [-0.39, 0.29) is 15.6 Å². The van der Waals surface area contributed by atoms with Crippen LogP contribution in [0.5, 0.6) is 0 Å². The zero-order valence-corrected chi connectivity index (χ0v) is 11.5. The topological polar surface area (TPSA) is 37.3 Å². The molecule has 0 amide bonds. The van der Waals surface area contributed by atoms with Gasteiger partial charge < -0.3 is 0 Å². The number of benzene rings is 1. The Hall–Kier alpha value is -1.86. The van der Waals surface area contributed by atoms with E-state index in [0.717, 1.165) is 6.21 Å². The van der Waals surface area contributed by atoms with E-state index in [1.54, 1.807) is 6.07 Å². The summed E-state index contributed by atoms with van der Waals surface area (Å²) >= 11 is 11.7. The molecule has 1 N–H and O–H groups in total. The predicted molar refractivity (Wildman–Crippen MR) is 71.7 cm³/mol. The lowest BCUT2D eigenvalue weighted by atomic mass is 10.2. The fraction of sp³-hybridized carbons (Fsp3) is 0. The second-order valence-corrected chi connectivity index (χ2v) is 4.52. The molecule has 110 valence electrons. The largest absolute Gasteiger partial charge is 0.272 e. The highest BCUT2D eigenvalue weighted by Gasteiger charge is 2.20. The predicted octanol–water partition coefficient (Wildman–Crippen LogP) is 4.39. The number of halogens is 6. The maximum absolute atomic E-state index is 13.3. The Kier molecular flexibility index (Phi) is 4.64. The Morgan fingerprint density at radius 3 is 2.05 bits per heavy atom. The van der Waals surface area contributed by atoms with Crippen LogP contribution in [-0.4, -0.2) is 11.2 Å². The third kappa shape index (κ3) is 3.25. The Labute approximate surface area is 126 Å². The fourth-order valence-electron chi connectivity index (χ4n) is 1.38. The summed E-state index contributed by atoms with van der Waals surface area (Å²) in [7, 11) is 0. The molecule has 2 rings (SSSR count). The van der Waals surface area contributed by atoms with Crippen molar-refractivity contribution >= 4 is 35.1 Å². The van der Waals surface area contributed by atoms with Crippen LogP contribution in [-0.2, 0) is 0 Å². The molecule has 0 aliphatic carbocycles. The van der Waals surface area contributed by atoms with Crippen LogP contribution in [0.1, 0.15) is 5.56 Å². The number of hydrogen-bond donors (Lipinski definition) is 1. The maximum Gasteiger partial charge on any atom is 0.254 e. The molecule has 1 aromatic carbocycles. The Morgan fingerprint density at radius 2 is 1.52 bits per heavy atom. The molecule has 0 radical (unpaired) electrons. The molecule has 0 aliphatic rings. The molecule has 0 bridgehead atoms. The van der Waals surface area contributed by atoms with Crippen molar-refractivity contribution in [1.29, 1.82) is 0 Å². The summed E-state index contributed by atoms with van der Waals surface area (Å²) in [4.78, 5) is 2.41. The van der Waals surface area contributed by atoms with E-state index in [4.69, 9.17) is 23.2 Å².